The fourth-order valence-corrected chi connectivity index (χ4v) is 3.86. The number of aliphatic hydroxyl groups excluding tert-OH is 1. The third-order valence-corrected chi connectivity index (χ3v) is 4.85. The first-order valence-corrected chi connectivity index (χ1v) is 8.77. The average molecular weight is 348 g/mol. The molecule has 0 radical (unpaired) electrons. The molecule has 1 heterocycles. The van der Waals surface area contributed by atoms with Crippen LogP contribution in [-0.2, 0) is 9.47 Å². The molecule has 0 spiro atoms. The zero-order chi connectivity index (χ0) is 18.7. The molecule has 25 heavy (non-hydrogen) atoms. The highest BCUT2D eigenvalue weighted by Gasteiger charge is 2.52. The van der Waals surface area contributed by atoms with Crippen LogP contribution >= 0.6 is 0 Å². The number of carbonyl (C=O) groups excluding carboxylic acids is 1. The summed E-state index contributed by atoms with van der Waals surface area (Å²) < 4.78 is 11.2. The van der Waals surface area contributed by atoms with Crippen molar-refractivity contribution < 1.29 is 19.4 Å². The largest absolute Gasteiger partial charge is 0.493 e. The minimum absolute atomic E-state index is 0.194. The van der Waals surface area contributed by atoms with Gasteiger partial charge < -0.3 is 19.5 Å². The fourth-order valence-electron chi connectivity index (χ4n) is 3.86. The third-order valence-electron chi connectivity index (χ3n) is 4.85. The molecule has 1 unspecified atom stereocenters. The molecule has 1 N–H and O–H groups in total. The van der Waals surface area contributed by atoms with Crippen LogP contribution in [0.15, 0.2) is 24.0 Å². The molecule has 0 saturated carbocycles. The minimum atomic E-state index is -0.779. The molecule has 2 rings (SSSR count). The van der Waals surface area contributed by atoms with Gasteiger partial charge in [-0.2, -0.15) is 5.26 Å². The number of rotatable bonds is 4. The summed E-state index contributed by atoms with van der Waals surface area (Å²) in [6, 6.07) is 1.99. The van der Waals surface area contributed by atoms with E-state index < -0.39 is 11.0 Å². The van der Waals surface area contributed by atoms with Gasteiger partial charge in [0.2, 0.25) is 0 Å². The van der Waals surface area contributed by atoms with Crippen molar-refractivity contribution in [3.63, 3.8) is 0 Å². The molecule has 1 aliphatic carbocycles. The first-order chi connectivity index (χ1) is 11.8. The summed E-state index contributed by atoms with van der Waals surface area (Å²) in [6.07, 6.45) is 3.80. The molecule has 0 aromatic carbocycles. The van der Waals surface area contributed by atoms with Gasteiger partial charge in [-0.1, -0.05) is 12.7 Å². The van der Waals surface area contributed by atoms with Crippen LogP contribution in [0.25, 0.3) is 0 Å². The van der Waals surface area contributed by atoms with Gasteiger partial charge in [0.1, 0.15) is 18.0 Å². The maximum atomic E-state index is 12.7. The van der Waals surface area contributed by atoms with E-state index in [2.05, 4.69) is 12.6 Å². The summed E-state index contributed by atoms with van der Waals surface area (Å²) in [5.41, 5.74) is -0.906. The zero-order valence-corrected chi connectivity index (χ0v) is 15.4. The van der Waals surface area contributed by atoms with Crippen molar-refractivity contribution >= 4 is 6.09 Å². The SMILES string of the molecule is C=CCOC1=C(C#N)C2(CO)CCCN(C(=O)OC(C)(C)C)[C@@H]2CC1. The van der Waals surface area contributed by atoms with Crippen LogP contribution in [-0.4, -0.2) is 47.5 Å². The molecule has 1 saturated heterocycles. The highest BCUT2D eigenvalue weighted by molar-refractivity contribution is 5.69. The number of likely N-dealkylation sites (tertiary alicyclic amines) is 1. The molecule has 138 valence electrons. The number of hydrogen-bond acceptors (Lipinski definition) is 5. The van der Waals surface area contributed by atoms with Gasteiger partial charge >= 0.3 is 6.09 Å². The van der Waals surface area contributed by atoms with E-state index >= 15 is 0 Å². The third kappa shape index (κ3) is 3.82. The number of nitrogens with zero attached hydrogens (tertiary/aromatic N) is 2. The molecule has 6 heteroatoms. The normalized spacial score (nSPS) is 26.5. The molecular formula is C19H28N2O4. The summed E-state index contributed by atoms with van der Waals surface area (Å²) in [5, 5.41) is 20.0. The number of nitriles is 1. The molecule has 2 aliphatic rings. The van der Waals surface area contributed by atoms with E-state index in [9.17, 15) is 15.2 Å². The van der Waals surface area contributed by atoms with Crippen molar-refractivity contribution in [3.05, 3.63) is 24.0 Å². The Balaban J connectivity index is 2.37. The first kappa shape index (κ1) is 19.3. The second kappa shape index (κ2) is 7.49. The van der Waals surface area contributed by atoms with E-state index in [1.54, 1.807) is 11.0 Å². The lowest BCUT2D eigenvalue weighted by atomic mass is 9.64. The van der Waals surface area contributed by atoms with Crippen molar-refractivity contribution in [2.75, 3.05) is 19.8 Å². The van der Waals surface area contributed by atoms with Crippen LogP contribution in [0.4, 0.5) is 4.79 Å². The van der Waals surface area contributed by atoms with Crippen molar-refractivity contribution in [2.45, 2.75) is 58.1 Å². The topological polar surface area (TPSA) is 82.8 Å². The first-order valence-electron chi connectivity index (χ1n) is 8.77. The highest BCUT2D eigenvalue weighted by atomic mass is 16.6. The van der Waals surface area contributed by atoms with Gasteiger partial charge in [-0.05, 0) is 40.0 Å². The molecule has 6 nitrogen and oxygen atoms in total. The second-order valence-electron chi connectivity index (χ2n) is 7.66. The van der Waals surface area contributed by atoms with Crippen LogP contribution in [0.3, 0.4) is 0 Å². The molecule has 1 amide bonds. The number of amides is 1. The summed E-state index contributed by atoms with van der Waals surface area (Å²) in [5.74, 6) is 0.610. The van der Waals surface area contributed by atoms with Crippen molar-refractivity contribution in [3.8, 4) is 6.07 Å². The van der Waals surface area contributed by atoms with Gasteiger partial charge in [0.05, 0.1) is 23.7 Å². The Kier molecular flexibility index (Phi) is 5.79. The van der Waals surface area contributed by atoms with Gasteiger partial charge in [-0.25, -0.2) is 4.79 Å². The second-order valence-corrected chi connectivity index (χ2v) is 7.66. The van der Waals surface area contributed by atoms with E-state index in [0.29, 0.717) is 50.2 Å². The maximum absolute atomic E-state index is 12.7. The monoisotopic (exact) mass is 348 g/mol. The predicted molar refractivity (Wildman–Crippen MR) is 93.5 cm³/mol. The number of ether oxygens (including phenoxy) is 2. The number of allylic oxidation sites excluding steroid dienone is 1. The minimum Gasteiger partial charge on any atom is -0.493 e. The summed E-state index contributed by atoms with van der Waals surface area (Å²) in [6.45, 7) is 9.83. The van der Waals surface area contributed by atoms with E-state index in [1.165, 1.54) is 0 Å². The lowest BCUT2D eigenvalue weighted by molar-refractivity contribution is -0.0380. The Hall–Kier alpha value is -2.00. The van der Waals surface area contributed by atoms with E-state index in [4.69, 9.17) is 9.47 Å². The number of aliphatic hydroxyl groups is 1. The summed E-state index contributed by atoms with van der Waals surface area (Å²) in [7, 11) is 0. The molecule has 2 atom stereocenters. The summed E-state index contributed by atoms with van der Waals surface area (Å²) >= 11 is 0. The lowest BCUT2D eigenvalue weighted by Crippen LogP contribution is -2.59. The zero-order valence-electron chi connectivity index (χ0n) is 15.4. The highest BCUT2D eigenvalue weighted by Crippen LogP contribution is 2.49. The summed E-state index contributed by atoms with van der Waals surface area (Å²) in [4.78, 5) is 14.3. The van der Waals surface area contributed by atoms with Gasteiger partial charge in [0.25, 0.3) is 0 Å². The molecule has 0 aromatic heterocycles. The van der Waals surface area contributed by atoms with Crippen molar-refractivity contribution in [1.82, 2.24) is 4.90 Å². The van der Waals surface area contributed by atoms with Crippen molar-refractivity contribution in [2.24, 2.45) is 5.41 Å². The van der Waals surface area contributed by atoms with Crippen LogP contribution in [0.1, 0.15) is 46.5 Å². The number of piperidine rings is 1. The van der Waals surface area contributed by atoms with E-state index in [-0.39, 0.29) is 18.7 Å². The van der Waals surface area contributed by atoms with Gasteiger partial charge in [0, 0.05) is 19.0 Å². The van der Waals surface area contributed by atoms with Crippen LogP contribution in [0.5, 0.6) is 0 Å². The predicted octanol–water partition coefficient (Wildman–Crippen LogP) is 3.14. The van der Waals surface area contributed by atoms with Gasteiger partial charge in [-0.3, -0.25) is 0 Å². The number of fused-ring (bicyclic) bond motifs is 1. The molecule has 1 fully saturated rings. The number of carbonyl (C=O) groups is 1. The van der Waals surface area contributed by atoms with Crippen LogP contribution in [0, 0.1) is 16.7 Å². The van der Waals surface area contributed by atoms with Crippen LogP contribution in [0.2, 0.25) is 0 Å². The molecule has 0 aromatic rings. The number of hydrogen-bond donors (Lipinski definition) is 1. The lowest BCUT2D eigenvalue weighted by Gasteiger charge is -2.51. The van der Waals surface area contributed by atoms with E-state index in [0.717, 1.165) is 0 Å². The maximum Gasteiger partial charge on any atom is 0.410 e. The standard InChI is InChI=1S/C19H28N2O4/c1-5-11-24-15-7-8-16-19(13-22,14(15)12-20)9-6-10-21(16)17(23)25-18(2,3)4/h5,16,22H,1,6-11,13H2,2-4H3/t16-,19?/m1/s1. The van der Waals surface area contributed by atoms with Crippen molar-refractivity contribution in [1.29, 1.82) is 5.26 Å². The van der Waals surface area contributed by atoms with E-state index in [1.807, 2.05) is 20.8 Å². The molecule has 0 bridgehead atoms. The van der Waals surface area contributed by atoms with Crippen LogP contribution < -0.4 is 0 Å². The molecular weight excluding hydrogens is 320 g/mol. The molecule has 1 aliphatic heterocycles. The van der Waals surface area contributed by atoms with Gasteiger partial charge in [0.15, 0.2) is 0 Å². The Morgan fingerprint density at radius 3 is 2.84 bits per heavy atom. The Labute approximate surface area is 149 Å². The Morgan fingerprint density at radius 1 is 1.56 bits per heavy atom. The Morgan fingerprint density at radius 2 is 2.28 bits per heavy atom. The quantitative estimate of drug-likeness (QED) is 0.789. The average Bonchev–Trinajstić information content (AvgIpc) is 2.56. The Bertz CT molecular complexity index is 600. The smallest absolute Gasteiger partial charge is 0.410 e. The van der Waals surface area contributed by atoms with Gasteiger partial charge in [-0.15, -0.1) is 0 Å². The fraction of sp³-hybridized carbons (Fsp3) is 0.684.